The second kappa shape index (κ2) is 3.95. The van der Waals surface area contributed by atoms with Crippen LogP contribution >= 0.6 is 25.3 Å². The lowest BCUT2D eigenvalue weighted by Crippen LogP contribution is -2.06. The molecule has 0 heterocycles. The number of carbonyl (C=O) groups excluding carboxylic acids is 2. The zero-order chi connectivity index (χ0) is 7.44. The van der Waals surface area contributed by atoms with Crippen LogP contribution in [0.1, 0.15) is 13.3 Å². The first-order chi connectivity index (χ1) is 4.04. The molecule has 0 aliphatic heterocycles. The number of rotatable bonds is 3. The first kappa shape index (κ1) is 9.04. The molecule has 0 bridgehead atoms. The van der Waals surface area contributed by atoms with Crippen molar-refractivity contribution in [3.8, 4) is 0 Å². The quantitative estimate of drug-likeness (QED) is 0.608. The van der Waals surface area contributed by atoms with E-state index in [9.17, 15) is 9.59 Å². The summed E-state index contributed by atoms with van der Waals surface area (Å²) in [6.45, 7) is 1.64. The summed E-state index contributed by atoms with van der Waals surface area (Å²) in [6, 6.07) is 0. The highest BCUT2D eigenvalue weighted by molar-refractivity contribution is 7.97. The molecule has 0 aliphatic rings. The molecule has 0 rings (SSSR count). The first-order valence-electron chi connectivity index (χ1n) is 2.48. The Hall–Kier alpha value is 0.0400. The van der Waals surface area contributed by atoms with Crippen LogP contribution in [0.5, 0.6) is 0 Å². The van der Waals surface area contributed by atoms with Crippen LogP contribution in [0.25, 0.3) is 0 Å². The van der Waals surface area contributed by atoms with E-state index in [-0.39, 0.29) is 22.6 Å². The molecular weight excluding hydrogens is 156 g/mol. The molecule has 0 saturated carbocycles. The summed E-state index contributed by atoms with van der Waals surface area (Å²) in [7, 11) is 0. The zero-order valence-corrected chi connectivity index (χ0v) is 6.78. The second-order valence-corrected chi connectivity index (χ2v) is 2.78. The Bertz CT molecular complexity index is 133. The lowest BCUT2D eigenvalue weighted by Gasteiger charge is -1.99. The molecule has 0 fully saturated rings. The van der Waals surface area contributed by atoms with Crippen molar-refractivity contribution in [2.24, 2.45) is 5.92 Å². The molecular formula is C5H8O2S2. The Morgan fingerprint density at radius 2 is 1.89 bits per heavy atom. The fourth-order valence-corrected chi connectivity index (χ4v) is 0.714. The van der Waals surface area contributed by atoms with Gasteiger partial charge in [0.25, 0.3) is 0 Å². The molecule has 0 amide bonds. The summed E-state index contributed by atoms with van der Waals surface area (Å²) in [5.74, 6) is -0.307. The molecule has 0 saturated heterocycles. The molecule has 1 unspecified atom stereocenters. The van der Waals surface area contributed by atoms with Gasteiger partial charge in [0.2, 0.25) is 0 Å². The van der Waals surface area contributed by atoms with Crippen molar-refractivity contribution in [2.45, 2.75) is 13.3 Å². The van der Waals surface area contributed by atoms with Crippen molar-refractivity contribution < 1.29 is 9.59 Å². The van der Waals surface area contributed by atoms with Gasteiger partial charge in [-0.15, -0.1) is 25.3 Å². The topological polar surface area (TPSA) is 34.1 Å². The van der Waals surface area contributed by atoms with Gasteiger partial charge in [-0.1, -0.05) is 6.92 Å². The minimum Gasteiger partial charge on any atom is -0.287 e. The van der Waals surface area contributed by atoms with Crippen LogP contribution < -0.4 is 0 Å². The summed E-state index contributed by atoms with van der Waals surface area (Å²) in [5.41, 5.74) is 0. The van der Waals surface area contributed by atoms with Crippen molar-refractivity contribution in [1.82, 2.24) is 0 Å². The smallest absolute Gasteiger partial charge is 0.189 e. The number of carbonyl (C=O) groups is 2. The predicted octanol–water partition coefficient (Wildman–Crippen LogP) is 0.925. The maximum Gasteiger partial charge on any atom is 0.189 e. The van der Waals surface area contributed by atoms with Gasteiger partial charge in [-0.3, -0.25) is 9.59 Å². The molecule has 2 nitrogen and oxygen atoms in total. The van der Waals surface area contributed by atoms with Crippen molar-refractivity contribution in [3.05, 3.63) is 0 Å². The SMILES string of the molecule is CC(CC(=O)S)C(=O)S. The predicted molar refractivity (Wildman–Crippen MR) is 41.8 cm³/mol. The van der Waals surface area contributed by atoms with E-state index >= 15 is 0 Å². The average Bonchev–Trinajstić information content (AvgIpc) is 1.63. The minimum atomic E-state index is -0.307. The highest BCUT2D eigenvalue weighted by atomic mass is 32.1. The fraction of sp³-hybridized carbons (Fsp3) is 0.600. The maximum atomic E-state index is 10.4. The largest absolute Gasteiger partial charge is 0.287 e. The summed E-state index contributed by atoms with van der Waals surface area (Å²) in [6.07, 6.45) is 0.172. The van der Waals surface area contributed by atoms with Gasteiger partial charge < -0.3 is 0 Å². The maximum absolute atomic E-state index is 10.4. The number of hydrogen-bond donors (Lipinski definition) is 2. The Morgan fingerprint density at radius 3 is 2.00 bits per heavy atom. The van der Waals surface area contributed by atoms with E-state index in [1.54, 1.807) is 6.92 Å². The number of hydrogen-bond acceptors (Lipinski definition) is 2. The standard InChI is InChI=1S/C5H8O2S2/c1-3(5(7)9)2-4(6)8/h3H,2H2,1H3,(H,6,8)(H,7,9). The van der Waals surface area contributed by atoms with Gasteiger partial charge in [-0.05, 0) is 0 Å². The van der Waals surface area contributed by atoms with Gasteiger partial charge in [0.1, 0.15) is 0 Å². The Labute approximate surface area is 64.8 Å². The highest BCUT2D eigenvalue weighted by Gasteiger charge is 2.10. The Kier molecular flexibility index (Phi) is 3.97. The lowest BCUT2D eigenvalue weighted by atomic mass is 10.1. The molecule has 52 valence electrons. The minimum absolute atomic E-state index is 0.172. The van der Waals surface area contributed by atoms with Crippen molar-refractivity contribution in [1.29, 1.82) is 0 Å². The van der Waals surface area contributed by atoms with Crippen molar-refractivity contribution >= 4 is 35.5 Å². The van der Waals surface area contributed by atoms with Gasteiger partial charge in [0.15, 0.2) is 10.2 Å². The molecule has 0 aromatic rings. The van der Waals surface area contributed by atoms with Crippen LogP contribution in [0.15, 0.2) is 0 Å². The van der Waals surface area contributed by atoms with E-state index in [2.05, 4.69) is 25.3 Å². The summed E-state index contributed by atoms with van der Waals surface area (Å²) in [5, 5.41) is -0.540. The van der Waals surface area contributed by atoms with E-state index in [0.717, 1.165) is 0 Å². The monoisotopic (exact) mass is 164 g/mol. The van der Waals surface area contributed by atoms with Crippen LogP contribution in [-0.4, -0.2) is 10.2 Å². The molecule has 0 N–H and O–H groups in total. The summed E-state index contributed by atoms with van der Waals surface area (Å²) < 4.78 is 0. The van der Waals surface area contributed by atoms with E-state index < -0.39 is 0 Å². The lowest BCUT2D eigenvalue weighted by molar-refractivity contribution is -0.118. The van der Waals surface area contributed by atoms with Gasteiger partial charge in [-0.25, -0.2) is 0 Å². The van der Waals surface area contributed by atoms with Crippen LogP contribution in [0.3, 0.4) is 0 Å². The summed E-state index contributed by atoms with van der Waals surface area (Å²) >= 11 is 7.05. The molecule has 0 aliphatic carbocycles. The van der Waals surface area contributed by atoms with E-state index in [0.29, 0.717) is 0 Å². The van der Waals surface area contributed by atoms with Gasteiger partial charge in [0.05, 0.1) is 0 Å². The molecule has 0 aromatic carbocycles. The van der Waals surface area contributed by atoms with Gasteiger partial charge in [0, 0.05) is 12.3 Å². The molecule has 0 aromatic heterocycles. The average molecular weight is 164 g/mol. The molecule has 0 spiro atoms. The third kappa shape index (κ3) is 4.54. The highest BCUT2D eigenvalue weighted by Crippen LogP contribution is 2.07. The van der Waals surface area contributed by atoms with Crippen LogP contribution in [0.4, 0.5) is 0 Å². The van der Waals surface area contributed by atoms with Crippen molar-refractivity contribution in [2.75, 3.05) is 0 Å². The first-order valence-corrected chi connectivity index (χ1v) is 3.38. The number of thiol groups is 2. The molecule has 0 radical (unpaired) electrons. The fourth-order valence-electron chi connectivity index (χ4n) is 0.349. The third-order valence-corrected chi connectivity index (χ3v) is 1.53. The van der Waals surface area contributed by atoms with Crippen LogP contribution in [0, 0.1) is 5.92 Å². The molecule has 9 heavy (non-hydrogen) atoms. The Balaban J connectivity index is 3.63. The van der Waals surface area contributed by atoms with Crippen molar-refractivity contribution in [3.63, 3.8) is 0 Å². The van der Waals surface area contributed by atoms with Gasteiger partial charge in [-0.2, -0.15) is 0 Å². The molecule has 4 heteroatoms. The zero-order valence-electron chi connectivity index (χ0n) is 5.00. The van der Waals surface area contributed by atoms with E-state index in [1.807, 2.05) is 0 Å². The van der Waals surface area contributed by atoms with E-state index in [4.69, 9.17) is 0 Å². The van der Waals surface area contributed by atoms with E-state index in [1.165, 1.54) is 0 Å². The third-order valence-electron chi connectivity index (χ3n) is 0.902. The second-order valence-electron chi connectivity index (χ2n) is 1.84. The summed E-state index contributed by atoms with van der Waals surface area (Å²) in [4.78, 5) is 20.6. The van der Waals surface area contributed by atoms with Gasteiger partial charge >= 0.3 is 0 Å². The van der Waals surface area contributed by atoms with Crippen LogP contribution in [-0.2, 0) is 9.59 Å². The Morgan fingerprint density at radius 1 is 1.44 bits per heavy atom. The molecule has 1 atom stereocenters. The van der Waals surface area contributed by atoms with Crippen LogP contribution in [0.2, 0.25) is 0 Å². The normalized spacial score (nSPS) is 12.8.